The molecule has 0 fully saturated rings. The van der Waals surface area contributed by atoms with Crippen LogP contribution in [0.2, 0.25) is 10.0 Å². The number of ether oxygens (including phenoxy) is 1. The Kier molecular flexibility index (Phi) is 7.49. The first-order valence-electron chi connectivity index (χ1n) is 12.8. The first-order chi connectivity index (χ1) is 20.0. The van der Waals surface area contributed by atoms with Crippen LogP contribution in [0.25, 0.3) is 23.1 Å². The van der Waals surface area contributed by atoms with E-state index < -0.39 is 12.0 Å². The van der Waals surface area contributed by atoms with Gasteiger partial charge in [0.25, 0.3) is 5.56 Å². The summed E-state index contributed by atoms with van der Waals surface area (Å²) in [6.07, 6.45) is 1.67. The lowest BCUT2D eigenvalue weighted by Crippen LogP contribution is -2.39. The fourth-order valence-electron chi connectivity index (χ4n) is 4.79. The second kappa shape index (κ2) is 11.4. The van der Waals surface area contributed by atoms with Gasteiger partial charge in [0.2, 0.25) is 0 Å². The first kappa shape index (κ1) is 27.0. The molecule has 0 spiro atoms. The molecule has 41 heavy (non-hydrogen) atoms. The average molecular weight is 602 g/mol. The van der Waals surface area contributed by atoms with Crippen LogP contribution in [0, 0.1) is 0 Å². The number of aromatic nitrogens is 1. The van der Waals surface area contributed by atoms with Crippen molar-refractivity contribution < 1.29 is 13.9 Å². The van der Waals surface area contributed by atoms with E-state index in [-0.39, 0.29) is 12.2 Å². The predicted molar refractivity (Wildman–Crippen MR) is 162 cm³/mol. The highest BCUT2D eigenvalue weighted by Gasteiger charge is 2.35. The Morgan fingerprint density at radius 3 is 2.46 bits per heavy atom. The molecular formula is C32H22Cl2N2O4S. The van der Waals surface area contributed by atoms with Crippen LogP contribution in [-0.2, 0) is 9.53 Å². The Morgan fingerprint density at radius 2 is 1.73 bits per heavy atom. The van der Waals surface area contributed by atoms with E-state index in [1.54, 1.807) is 41.8 Å². The number of carbonyl (C=O) groups is 1. The van der Waals surface area contributed by atoms with Gasteiger partial charge in [-0.05, 0) is 36.8 Å². The Morgan fingerprint density at radius 1 is 1.00 bits per heavy atom. The molecule has 204 valence electrons. The van der Waals surface area contributed by atoms with Crippen molar-refractivity contribution in [3.05, 3.63) is 143 Å². The topological polar surface area (TPSA) is 73.8 Å². The minimum atomic E-state index is -0.735. The van der Waals surface area contributed by atoms with E-state index in [1.807, 2.05) is 66.7 Å². The molecule has 0 amide bonds. The zero-order valence-electron chi connectivity index (χ0n) is 21.7. The predicted octanol–water partition coefficient (Wildman–Crippen LogP) is 6.50. The largest absolute Gasteiger partial charge is 0.463 e. The number of esters is 1. The molecule has 1 aliphatic heterocycles. The van der Waals surface area contributed by atoms with Gasteiger partial charge in [0.1, 0.15) is 11.5 Å². The van der Waals surface area contributed by atoms with E-state index in [4.69, 9.17) is 37.3 Å². The molecule has 9 heteroatoms. The van der Waals surface area contributed by atoms with Crippen molar-refractivity contribution in [1.29, 1.82) is 0 Å². The maximum atomic E-state index is 14.0. The van der Waals surface area contributed by atoms with E-state index in [0.717, 1.165) is 11.1 Å². The van der Waals surface area contributed by atoms with Crippen LogP contribution in [-0.4, -0.2) is 17.1 Å². The van der Waals surface area contributed by atoms with Crippen LogP contribution in [0.15, 0.2) is 111 Å². The molecule has 2 aromatic heterocycles. The first-order valence-corrected chi connectivity index (χ1v) is 14.4. The molecular weight excluding hydrogens is 579 g/mol. The van der Waals surface area contributed by atoms with Crippen molar-refractivity contribution >= 4 is 52.3 Å². The molecule has 0 saturated carbocycles. The van der Waals surface area contributed by atoms with Crippen molar-refractivity contribution in [3.8, 4) is 11.3 Å². The molecule has 0 radical (unpaired) electrons. The number of hydrogen-bond donors (Lipinski definition) is 0. The van der Waals surface area contributed by atoms with Gasteiger partial charge in [-0.3, -0.25) is 9.36 Å². The number of carbonyl (C=O) groups excluding carboxylic acids is 1. The highest BCUT2D eigenvalue weighted by Crippen LogP contribution is 2.36. The van der Waals surface area contributed by atoms with Gasteiger partial charge in [-0.1, -0.05) is 101 Å². The van der Waals surface area contributed by atoms with Crippen LogP contribution in [0.1, 0.15) is 29.9 Å². The van der Waals surface area contributed by atoms with Gasteiger partial charge >= 0.3 is 5.97 Å². The zero-order valence-corrected chi connectivity index (χ0v) is 24.0. The minimum absolute atomic E-state index is 0.188. The lowest BCUT2D eigenvalue weighted by Gasteiger charge is -2.25. The third-order valence-corrected chi connectivity index (χ3v) is 8.41. The summed E-state index contributed by atoms with van der Waals surface area (Å²) in [7, 11) is 0. The summed E-state index contributed by atoms with van der Waals surface area (Å²) in [6.45, 7) is 1.94. The smallest absolute Gasteiger partial charge is 0.338 e. The summed E-state index contributed by atoms with van der Waals surface area (Å²) >= 11 is 13.8. The lowest BCUT2D eigenvalue weighted by atomic mass is 9.93. The second-order valence-electron chi connectivity index (χ2n) is 9.15. The summed E-state index contributed by atoms with van der Waals surface area (Å²) in [5.74, 6) is 0.465. The Hall–Kier alpha value is -4.17. The highest BCUT2D eigenvalue weighted by molar-refractivity contribution is 7.07. The molecule has 0 saturated heterocycles. The Labute approximate surface area is 249 Å². The molecule has 3 aromatic carbocycles. The summed E-state index contributed by atoms with van der Waals surface area (Å²) in [5.41, 5.74) is 2.65. The molecule has 1 aliphatic rings. The number of fused-ring (bicyclic) bond motifs is 1. The van der Waals surface area contributed by atoms with Crippen LogP contribution < -0.4 is 14.9 Å². The molecule has 3 heterocycles. The number of furan rings is 1. The van der Waals surface area contributed by atoms with Gasteiger partial charge in [0.05, 0.1) is 38.5 Å². The van der Waals surface area contributed by atoms with Crippen LogP contribution in [0.5, 0.6) is 0 Å². The zero-order chi connectivity index (χ0) is 28.5. The molecule has 1 atom stereocenters. The van der Waals surface area contributed by atoms with E-state index in [2.05, 4.69) is 0 Å². The monoisotopic (exact) mass is 600 g/mol. The normalized spacial score (nSPS) is 15.0. The fourth-order valence-corrected chi connectivity index (χ4v) is 6.16. The number of rotatable bonds is 6. The van der Waals surface area contributed by atoms with Crippen LogP contribution in [0.3, 0.4) is 0 Å². The molecule has 6 rings (SSSR count). The van der Waals surface area contributed by atoms with Crippen molar-refractivity contribution in [2.24, 2.45) is 4.99 Å². The minimum Gasteiger partial charge on any atom is -0.463 e. The van der Waals surface area contributed by atoms with Crippen molar-refractivity contribution in [3.63, 3.8) is 0 Å². The fraction of sp³-hybridized carbons (Fsp3) is 0.0938. The summed E-state index contributed by atoms with van der Waals surface area (Å²) in [5, 5.41) is 0.806. The molecule has 0 aliphatic carbocycles. The Bertz CT molecular complexity index is 1980. The molecule has 6 nitrogen and oxygen atoms in total. The third-order valence-electron chi connectivity index (χ3n) is 6.61. The third kappa shape index (κ3) is 5.08. The summed E-state index contributed by atoms with van der Waals surface area (Å²) < 4.78 is 13.5. The number of benzene rings is 3. The van der Waals surface area contributed by atoms with Crippen molar-refractivity contribution in [2.75, 3.05) is 6.61 Å². The van der Waals surface area contributed by atoms with Gasteiger partial charge in [0, 0.05) is 17.2 Å². The number of hydrogen-bond acceptors (Lipinski definition) is 6. The Balaban J connectivity index is 1.56. The molecule has 0 bridgehead atoms. The average Bonchev–Trinajstić information content (AvgIpc) is 3.58. The van der Waals surface area contributed by atoms with Crippen LogP contribution >= 0.6 is 34.5 Å². The van der Waals surface area contributed by atoms with Gasteiger partial charge < -0.3 is 9.15 Å². The number of nitrogens with zero attached hydrogens (tertiary/aromatic N) is 2. The van der Waals surface area contributed by atoms with Crippen molar-refractivity contribution in [2.45, 2.75) is 13.0 Å². The lowest BCUT2D eigenvalue weighted by molar-refractivity contribution is -0.138. The quantitative estimate of drug-likeness (QED) is 0.208. The van der Waals surface area contributed by atoms with Gasteiger partial charge in [-0.15, -0.1) is 0 Å². The van der Waals surface area contributed by atoms with Gasteiger partial charge in [0.15, 0.2) is 4.80 Å². The highest BCUT2D eigenvalue weighted by atomic mass is 35.5. The standard InChI is InChI=1S/C32H22Cl2N2O4S/c1-2-39-31(38)26-28(19-10-5-3-6-11-19)35-32-36(29(26)20-12-7-4-8-13-20)30(37)25(41-32)18-21-16-17-24(40-21)22-14-9-15-23(33)27(22)34/h3-18,29H,2H2,1H3/b25-18-/t29-/m1/s1. The van der Waals surface area contributed by atoms with E-state index >= 15 is 0 Å². The molecule has 5 aromatic rings. The summed E-state index contributed by atoms with van der Waals surface area (Å²) in [4.78, 5) is 32.8. The molecule has 0 unspecified atom stereocenters. The van der Waals surface area contributed by atoms with E-state index in [0.29, 0.717) is 47.7 Å². The van der Waals surface area contributed by atoms with E-state index in [9.17, 15) is 9.59 Å². The molecule has 0 N–H and O–H groups in total. The number of thiazole rings is 1. The maximum absolute atomic E-state index is 14.0. The van der Waals surface area contributed by atoms with Gasteiger partial charge in [-0.2, -0.15) is 0 Å². The van der Waals surface area contributed by atoms with Crippen LogP contribution in [0.4, 0.5) is 0 Å². The second-order valence-corrected chi connectivity index (χ2v) is 10.9. The van der Waals surface area contributed by atoms with E-state index in [1.165, 1.54) is 11.3 Å². The number of halogens is 2. The van der Waals surface area contributed by atoms with Crippen molar-refractivity contribution in [1.82, 2.24) is 4.57 Å². The summed E-state index contributed by atoms with van der Waals surface area (Å²) in [6, 6.07) is 27.0. The van der Waals surface area contributed by atoms with Gasteiger partial charge in [-0.25, -0.2) is 9.79 Å². The maximum Gasteiger partial charge on any atom is 0.338 e. The SMILES string of the molecule is CCOC(=O)C1=C(c2ccccc2)N=c2s/c(=C\c3ccc(-c4cccc(Cl)c4Cl)o3)c(=O)n2[C@@H]1c1ccccc1.